The second kappa shape index (κ2) is 12.5. The van der Waals surface area contributed by atoms with E-state index in [9.17, 15) is 18.3 Å². The van der Waals surface area contributed by atoms with Gasteiger partial charge in [0.15, 0.2) is 6.29 Å². The minimum atomic E-state index is -3.95. The number of benzene rings is 2. The Balaban J connectivity index is 1.19. The van der Waals surface area contributed by atoms with Gasteiger partial charge in [-0.2, -0.15) is 4.31 Å². The number of sulfonamides is 1. The van der Waals surface area contributed by atoms with E-state index in [0.29, 0.717) is 37.8 Å². The number of hydrogen-bond acceptors (Lipinski definition) is 9. The summed E-state index contributed by atoms with van der Waals surface area (Å²) in [5, 5.41) is 17.6. The Labute approximate surface area is 246 Å². The molecule has 2 aromatic rings. The van der Waals surface area contributed by atoms with E-state index < -0.39 is 34.4 Å². The molecule has 3 aliphatic heterocycles. The Hall–Kier alpha value is -2.74. The zero-order valence-corrected chi connectivity index (χ0v) is 24.4. The van der Waals surface area contributed by atoms with Gasteiger partial charge in [-0.15, -0.1) is 0 Å². The van der Waals surface area contributed by atoms with E-state index in [1.807, 2.05) is 30.3 Å². The van der Waals surface area contributed by atoms with E-state index in [4.69, 9.17) is 18.9 Å². The molecule has 11 nitrogen and oxygen atoms in total. The van der Waals surface area contributed by atoms with Crippen molar-refractivity contribution < 1.29 is 37.3 Å². The topological polar surface area (TPSA) is 136 Å². The summed E-state index contributed by atoms with van der Waals surface area (Å²) in [6.45, 7) is 1.92. The largest absolute Gasteiger partial charge is 0.497 e. The molecule has 1 amide bonds. The second-order valence-corrected chi connectivity index (χ2v) is 13.7. The first-order chi connectivity index (χ1) is 20.3. The van der Waals surface area contributed by atoms with Crippen LogP contribution in [0.4, 0.5) is 4.79 Å². The molecule has 0 aromatic heterocycles. The SMILES string of the molecule is COc1ccc(S(=O)(=O)N(CC2CNC2)C[C@@H](O)[C@H](Cc2ccccc2)NC(=O)OC2C3COC4OC2CC4C3)cc1. The monoisotopic (exact) mass is 601 g/mol. The quantitative estimate of drug-likeness (QED) is 0.333. The van der Waals surface area contributed by atoms with Gasteiger partial charge in [0.2, 0.25) is 10.0 Å². The first kappa shape index (κ1) is 29.3. The first-order valence-electron chi connectivity index (χ1n) is 14.6. The van der Waals surface area contributed by atoms with Crippen molar-refractivity contribution in [2.75, 3.05) is 39.9 Å². The highest BCUT2D eigenvalue weighted by molar-refractivity contribution is 7.89. The van der Waals surface area contributed by atoms with E-state index in [1.165, 1.54) is 23.5 Å². The number of methoxy groups -OCH3 is 1. The molecule has 5 unspecified atom stereocenters. The maximum Gasteiger partial charge on any atom is 0.407 e. The first-order valence-corrected chi connectivity index (χ1v) is 16.1. The van der Waals surface area contributed by atoms with Crippen LogP contribution in [0.25, 0.3) is 0 Å². The number of carbonyl (C=O) groups is 1. The van der Waals surface area contributed by atoms with Crippen molar-refractivity contribution in [3.8, 4) is 5.75 Å². The Morgan fingerprint density at radius 3 is 2.57 bits per heavy atom. The van der Waals surface area contributed by atoms with E-state index in [-0.39, 0.29) is 42.2 Å². The fraction of sp³-hybridized carbons (Fsp3) is 0.567. The van der Waals surface area contributed by atoms with Crippen LogP contribution in [0.5, 0.6) is 5.75 Å². The summed E-state index contributed by atoms with van der Waals surface area (Å²) < 4.78 is 51.7. The van der Waals surface area contributed by atoms with Gasteiger partial charge >= 0.3 is 6.09 Å². The van der Waals surface area contributed by atoms with Crippen LogP contribution in [0.2, 0.25) is 0 Å². The highest BCUT2D eigenvalue weighted by Gasteiger charge is 2.53. The van der Waals surface area contributed by atoms with Crippen molar-refractivity contribution >= 4 is 16.1 Å². The minimum Gasteiger partial charge on any atom is -0.497 e. The zero-order valence-electron chi connectivity index (χ0n) is 23.6. The molecule has 228 valence electrons. The molecule has 2 aromatic carbocycles. The lowest BCUT2D eigenvalue weighted by molar-refractivity contribution is -0.153. The molecule has 3 heterocycles. The summed E-state index contributed by atoms with van der Waals surface area (Å²) in [5.74, 6) is 1.08. The maximum absolute atomic E-state index is 13.8. The summed E-state index contributed by atoms with van der Waals surface area (Å²) in [4.78, 5) is 13.4. The number of hydrogen-bond donors (Lipinski definition) is 3. The molecule has 6 rings (SSSR count). The van der Waals surface area contributed by atoms with E-state index in [2.05, 4.69) is 10.6 Å². The van der Waals surface area contributed by atoms with Crippen LogP contribution in [0.15, 0.2) is 59.5 Å². The van der Waals surface area contributed by atoms with Crippen LogP contribution < -0.4 is 15.4 Å². The normalized spacial score (nSPS) is 28.2. The Bertz CT molecular complexity index is 1320. The summed E-state index contributed by atoms with van der Waals surface area (Å²) in [7, 11) is -2.43. The number of ether oxygens (including phenoxy) is 4. The number of carbonyl (C=O) groups excluding carboxylic acids is 1. The lowest BCUT2D eigenvalue weighted by Crippen LogP contribution is -2.55. The van der Waals surface area contributed by atoms with Crippen molar-refractivity contribution in [3.05, 3.63) is 60.2 Å². The van der Waals surface area contributed by atoms with Gasteiger partial charge in [-0.05, 0) is 55.0 Å². The number of fused-ring (bicyclic) bond motifs is 2. The van der Waals surface area contributed by atoms with Crippen LogP contribution in [-0.4, -0.2) is 94.5 Å². The molecule has 1 saturated carbocycles. The molecular formula is C30H39N3O8S. The third kappa shape index (κ3) is 6.29. The third-order valence-corrected chi connectivity index (χ3v) is 10.7. The van der Waals surface area contributed by atoms with E-state index in [1.54, 1.807) is 12.1 Å². The third-order valence-electron chi connectivity index (χ3n) is 8.87. The fourth-order valence-corrected chi connectivity index (χ4v) is 7.99. The highest BCUT2D eigenvalue weighted by Crippen LogP contribution is 2.46. The molecule has 0 radical (unpaired) electrons. The van der Waals surface area contributed by atoms with Crippen LogP contribution >= 0.6 is 0 Å². The maximum atomic E-state index is 13.8. The molecule has 4 fully saturated rings. The van der Waals surface area contributed by atoms with Crippen molar-refractivity contribution in [1.82, 2.24) is 14.9 Å². The van der Waals surface area contributed by atoms with Crippen LogP contribution in [-0.2, 0) is 30.7 Å². The predicted molar refractivity (Wildman–Crippen MR) is 152 cm³/mol. The summed E-state index contributed by atoms with van der Waals surface area (Å²) in [6.07, 6.45) is -0.749. The standard InChI is InChI=1S/C30H39N3O8S/c1-38-23-7-9-24(10-8-23)42(36,37)33(16-20-14-31-15-20)17-26(34)25(11-19-5-3-2-4-6-19)32-30(35)41-28-22-12-21-13-27(28)40-29(21)39-18-22/h2-10,20-22,25-29,31,34H,11-18H2,1H3,(H,32,35)/t21?,22?,25-,26+,27?,28?,29?/m0/s1. The molecule has 1 aliphatic carbocycles. The number of nitrogens with zero attached hydrogens (tertiary/aromatic N) is 1. The number of aliphatic hydroxyl groups is 1. The Morgan fingerprint density at radius 1 is 1.12 bits per heavy atom. The smallest absolute Gasteiger partial charge is 0.407 e. The van der Waals surface area contributed by atoms with Gasteiger partial charge in [0.05, 0.1) is 36.9 Å². The molecule has 3 N–H and O–H groups in total. The zero-order chi connectivity index (χ0) is 29.3. The number of rotatable bonds is 12. The molecule has 12 heteroatoms. The van der Waals surface area contributed by atoms with Crippen molar-refractivity contribution in [1.29, 1.82) is 0 Å². The molecule has 42 heavy (non-hydrogen) atoms. The Morgan fingerprint density at radius 2 is 1.88 bits per heavy atom. The molecule has 7 atom stereocenters. The molecule has 4 aliphatic rings. The van der Waals surface area contributed by atoms with Gasteiger partial charge in [0.25, 0.3) is 0 Å². The summed E-state index contributed by atoms with van der Waals surface area (Å²) in [6, 6.07) is 14.9. The van der Waals surface area contributed by atoms with Gasteiger partial charge in [-0.3, -0.25) is 0 Å². The van der Waals surface area contributed by atoms with Gasteiger partial charge in [0.1, 0.15) is 11.9 Å². The minimum absolute atomic E-state index is 0.0666. The predicted octanol–water partition coefficient (Wildman–Crippen LogP) is 1.75. The van der Waals surface area contributed by atoms with Crippen molar-refractivity contribution in [2.45, 2.75) is 54.8 Å². The van der Waals surface area contributed by atoms with Crippen LogP contribution in [0, 0.1) is 17.8 Å². The lowest BCUT2D eigenvalue weighted by atomic mass is 9.78. The molecule has 0 spiro atoms. The van der Waals surface area contributed by atoms with Gasteiger partial charge in [-0.25, -0.2) is 13.2 Å². The second-order valence-electron chi connectivity index (χ2n) is 11.8. The molecule has 3 bridgehead atoms. The number of nitrogens with one attached hydrogen (secondary N) is 2. The lowest BCUT2D eigenvalue weighted by Gasteiger charge is -2.37. The van der Waals surface area contributed by atoms with Crippen molar-refractivity contribution in [3.63, 3.8) is 0 Å². The van der Waals surface area contributed by atoms with E-state index >= 15 is 0 Å². The molecular weight excluding hydrogens is 562 g/mol. The van der Waals surface area contributed by atoms with Gasteiger partial charge in [-0.1, -0.05) is 30.3 Å². The Kier molecular flexibility index (Phi) is 8.71. The van der Waals surface area contributed by atoms with Crippen LogP contribution in [0.1, 0.15) is 18.4 Å². The fourth-order valence-electron chi connectivity index (χ4n) is 6.45. The summed E-state index contributed by atoms with van der Waals surface area (Å²) >= 11 is 0. The van der Waals surface area contributed by atoms with Gasteiger partial charge < -0.3 is 34.7 Å². The summed E-state index contributed by atoms with van der Waals surface area (Å²) in [5.41, 5.74) is 0.890. The van der Waals surface area contributed by atoms with Crippen molar-refractivity contribution in [2.24, 2.45) is 17.8 Å². The van der Waals surface area contributed by atoms with Gasteiger partial charge in [0, 0.05) is 38.0 Å². The van der Waals surface area contributed by atoms with E-state index in [0.717, 1.165) is 18.4 Å². The average molecular weight is 602 g/mol. The van der Waals surface area contributed by atoms with Crippen LogP contribution in [0.3, 0.4) is 0 Å². The number of aliphatic hydroxyl groups excluding tert-OH is 1. The number of amides is 1. The molecule has 3 saturated heterocycles. The average Bonchev–Trinajstić information content (AvgIpc) is 3.27. The highest BCUT2D eigenvalue weighted by atomic mass is 32.2. The number of alkyl carbamates (subject to hydrolysis) is 1.